The zero-order chi connectivity index (χ0) is 21.8. The zero-order valence-corrected chi connectivity index (χ0v) is 17.6. The first-order valence-electron chi connectivity index (χ1n) is 10.1. The zero-order valence-electron chi connectivity index (χ0n) is 17.6. The third-order valence-electron chi connectivity index (χ3n) is 6.14. The Hall–Kier alpha value is -3.52. The fourth-order valence-electron chi connectivity index (χ4n) is 4.68. The molecule has 1 fully saturated rings. The number of aliphatic hydroxyl groups excluding tert-OH is 1. The van der Waals surface area contributed by atoms with Crippen molar-refractivity contribution >= 4 is 28.1 Å². The molecule has 0 bridgehead atoms. The Kier molecular flexibility index (Phi) is 4.40. The number of aromatic nitrogens is 2. The standard InChI is InChI=1S/C23H24N4O4/c1-24-22-19(21-25-17-6-4-5-7-18(17)26-21)20(29)23(11-14(28)12-23)27(22)13-8-15(30-2)10-16(9-13)31-3/h4-10,14,24,28H,11-12H2,1-3H3,(H,25,26). The van der Waals surface area contributed by atoms with E-state index in [9.17, 15) is 9.90 Å². The maximum atomic E-state index is 13.8. The summed E-state index contributed by atoms with van der Waals surface area (Å²) in [6.07, 6.45) is 0.132. The van der Waals surface area contributed by atoms with Gasteiger partial charge in [0.05, 0.1) is 37.0 Å². The van der Waals surface area contributed by atoms with E-state index in [2.05, 4.69) is 15.3 Å². The third kappa shape index (κ3) is 2.79. The van der Waals surface area contributed by atoms with Crippen molar-refractivity contribution in [3.63, 3.8) is 0 Å². The Balaban J connectivity index is 1.72. The second-order valence-electron chi connectivity index (χ2n) is 7.91. The molecule has 2 aromatic carbocycles. The van der Waals surface area contributed by atoms with Crippen LogP contribution in [0.1, 0.15) is 18.7 Å². The van der Waals surface area contributed by atoms with Crippen molar-refractivity contribution in [1.29, 1.82) is 0 Å². The molecule has 1 spiro atoms. The monoisotopic (exact) mass is 420 g/mol. The van der Waals surface area contributed by atoms with Crippen LogP contribution in [0, 0.1) is 0 Å². The van der Waals surface area contributed by atoms with Crippen molar-refractivity contribution in [3.05, 3.63) is 54.1 Å². The largest absolute Gasteiger partial charge is 0.497 e. The van der Waals surface area contributed by atoms with Gasteiger partial charge in [-0.1, -0.05) is 12.1 Å². The van der Waals surface area contributed by atoms with Crippen molar-refractivity contribution in [3.8, 4) is 11.5 Å². The number of aromatic amines is 1. The van der Waals surface area contributed by atoms with Crippen LogP contribution in [0.3, 0.4) is 0 Å². The van der Waals surface area contributed by atoms with Gasteiger partial charge in [-0.25, -0.2) is 4.98 Å². The minimum Gasteiger partial charge on any atom is -0.497 e. The summed E-state index contributed by atoms with van der Waals surface area (Å²) in [5.74, 6) is 2.30. The molecule has 0 unspecified atom stereocenters. The van der Waals surface area contributed by atoms with E-state index in [0.717, 1.165) is 16.7 Å². The number of H-pyrrole nitrogens is 1. The predicted octanol–water partition coefficient (Wildman–Crippen LogP) is 2.45. The Morgan fingerprint density at radius 3 is 2.42 bits per heavy atom. The number of Topliss-reactive ketones (excluding diaryl/α,β-unsaturated/α-hetero) is 1. The van der Waals surface area contributed by atoms with Crippen LogP contribution in [0.5, 0.6) is 11.5 Å². The average Bonchev–Trinajstić information content (AvgIpc) is 3.29. The first-order chi connectivity index (χ1) is 15.0. The Morgan fingerprint density at radius 2 is 1.84 bits per heavy atom. The number of carbonyl (C=O) groups is 1. The smallest absolute Gasteiger partial charge is 0.196 e. The summed E-state index contributed by atoms with van der Waals surface area (Å²) in [7, 11) is 4.96. The number of hydrogen-bond acceptors (Lipinski definition) is 7. The number of methoxy groups -OCH3 is 2. The highest BCUT2D eigenvalue weighted by molar-refractivity contribution is 6.30. The molecule has 0 amide bonds. The van der Waals surface area contributed by atoms with Crippen molar-refractivity contribution in [1.82, 2.24) is 15.3 Å². The number of aliphatic hydroxyl groups is 1. The maximum absolute atomic E-state index is 13.8. The van der Waals surface area contributed by atoms with Gasteiger partial charge >= 0.3 is 0 Å². The van der Waals surface area contributed by atoms with Crippen LogP contribution in [-0.4, -0.2) is 53.8 Å². The predicted molar refractivity (Wildman–Crippen MR) is 117 cm³/mol. The highest BCUT2D eigenvalue weighted by atomic mass is 16.5. The normalized spacial score (nSPS) is 22.9. The molecule has 1 saturated carbocycles. The summed E-state index contributed by atoms with van der Waals surface area (Å²) in [6, 6.07) is 13.2. The quantitative estimate of drug-likeness (QED) is 0.583. The molecule has 0 atom stereocenters. The molecule has 1 aliphatic heterocycles. The minimum absolute atomic E-state index is 0.0667. The molecule has 160 valence electrons. The molecular formula is C23H24N4O4. The highest BCUT2D eigenvalue weighted by Crippen LogP contribution is 2.51. The van der Waals surface area contributed by atoms with E-state index in [1.807, 2.05) is 41.3 Å². The number of ketones is 1. The minimum atomic E-state index is -0.885. The topological polar surface area (TPSA) is 99.7 Å². The highest BCUT2D eigenvalue weighted by Gasteiger charge is 2.61. The Morgan fingerprint density at radius 1 is 1.16 bits per heavy atom. The first kappa shape index (κ1) is 19.4. The van der Waals surface area contributed by atoms with Crippen molar-refractivity contribution < 1.29 is 19.4 Å². The number of carbonyl (C=O) groups excluding carboxylic acids is 1. The fourth-order valence-corrected chi connectivity index (χ4v) is 4.68. The van der Waals surface area contributed by atoms with Crippen LogP contribution >= 0.6 is 0 Å². The van der Waals surface area contributed by atoms with E-state index in [1.165, 1.54) is 0 Å². The molecule has 3 N–H and O–H groups in total. The van der Waals surface area contributed by atoms with Crippen LogP contribution in [0.2, 0.25) is 0 Å². The second kappa shape index (κ2) is 7.02. The van der Waals surface area contributed by atoms with Gasteiger partial charge in [0, 0.05) is 38.1 Å². The first-order valence-corrected chi connectivity index (χ1v) is 10.1. The number of para-hydroxylation sites is 2. The lowest BCUT2D eigenvalue weighted by Gasteiger charge is -2.48. The van der Waals surface area contributed by atoms with E-state index in [-0.39, 0.29) is 5.78 Å². The molecular weight excluding hydrogens is 396 g/mol. The van der Waals surface area contributed by atoms with Crippen molar-refractivity contribution in [2.45, 2.75) is 24.5 Å². The summed E-state index contributed by atoms with van der Waals surface area (Å²) in [4.78, 5) is 23.7. The van der Waals surface area contributed by atoms with Crippen LogP contribution in [0.25, 0.3) is 16.6 Å². The lowest BCUT2D eigenvalue weighted by atomic mass is 9.70. The number of nitrogens with zero attached hydrogens (tertiary/aromatic N) is 2. The fraction of sp³-hybridized carbons (Fsp3) is 0.304. The number of anilines is 1. The SMILES string of the molecule is CNC1=C(c2nc3ccccc3[nH]2)C(=O)C2(CC(O)C2)N1c1cc(OC)cc(OC)c1. The lowest BCUT2D eigenvalue weighted by molar-refractivity contribution is -0.124. The van der Waals surface area contributed by atoms with E-state index < -0.39 is 11.6 Å². The Labute approximate surface area is 179 Å². The Bertz CT molecular complexity index is 1150. The summed E-state index contributed by atoms with van der Waals surface area (Å²) in [5.41, 5.74) is 1.98. The number of hydrogen-bond donors (Lipinski definition) is 3. The van der Waals surface area contributed by atoms with Gasteiger partial charge in [0.15, 0.2) is 5.78 Å². The molecule has 8 heteroatoms. The molecule has 2 heterocycles. The number of fused-ring (bicyclic) bond motifs is 1. The lowest BCUT2D eigenvalue weighted by Crippen LogP contribution is -2.61. The number of benzene rings is 2. The van der Waals surface area contributed by atoms with Crippen LogP contribution in [-0.2, 0) is 4.79 Å². The number of ether oxygens (including phenoxy) is 2. The van der Waals surface area contributed by atoms with Gasteiger partial charge in [0.1, 0.15) is 34.3 Å². The van der Waals surface area contributed by atoms with Crippen LogP contribution in [0.15, 0.2) is 48.3 Å². The summed E-state index contributed by atoms with van der Waals surface area (Å²) < 4.78 is 10.9. The van der Waals surface area contributed by atoms with Gasteiger partial charge in [0.25, 0.3) is 0 Å². The number of imidazole rings is 1. The van der Waals surface area contributed by atoms with Crippen molar-refractivity contribution in [2.75, 3.05) is 26.2 Å². The molecule has 2 aliphatic rings. The van der Waals surface area contributed by atoms with E-state index in [4.69, 9.17) is 9.47 Å². The molecule has 0 radical (unpaired) electrons. The molecule has 5 rings (SSSR count). The van der Waals surface area contributed by atoms with Gasteiger partial charge < -0.3 is 29.8 Å². The van der Waals surface area contributed by atoms with Crippen molar-refractivity contribution in [2.24, 2.45) is 0 Å². The molecule has 0 saturated heterocycles. The van der Waals surface area contributed by atoms with E-state index in [0.29, 0.717) is 41.6 Å². The van der Waals surface area contributed by atoms with Gasteiger partial charge in [-0.3, -0.25) is 4.79 Å². The van der Waals surface area contributed by atoms with E-state index in [1.54, 1.807) is 27.3 Å². The van der Waals surface area contributed by atoms with E-state index >= 15 is 0 Å². The molecule has 1 aromatic heterocycles. The number of rotatable bonds is 5. The number of nitrogens with one attached hydrogen (secondary N) is 2. The summed E-state index contributed by atoms with van der Waals surface area (Å²) in [6.45, 7) is 0. The third-order valence-corrected chi connectivity index (χ3v) is 6.14. The molecule has 1 aliphatic carbocycles. The van der Waals surface area contributed by atoms with Gasteiger partial charge in [-0.15, -0.1) is 0 Å². The van der Waals surface area contributed by atoms with Gasteiger partial charge in [-0.2, -0.15) is 0 Å². The summed E-state index contributed by atoms with van der Waals surface area (Å²) >= 11 is 0. The molecule has 31 heavy (non-hydrogen) atoms. The molecule has 3 aromatic rings. The molecule has 8 nitrogen and oxygen atoms in total. The van der Waals surface area contributed by atoms with Crippen LogP contribution < -0.4 is 19.7 Å². The van der Waals surface area contributed by atoms with Gasteiger partial charge in [-0.05, 0) is 12.1 Å². The second-order valence-corrected chi connectivity index (χ2v) is 7.91. The average molecular weight is 420 g/mol. The summed E-state index contributed by atoms with van der Waals surface area (Å²) in [5, 5.41) is 13.4. The van der Waals surface area contributed by atoms with Crippen LogP contribution in [0.4, 0.5) is 5.69 Å². The maximum Gasteiger partial charge on any atom is 0.196 e. The van der Waals surface area contributed by atoms with Gasteiger partial charge in [0.2, 0.25) is 0 Å².